The topological polar surface area (TPSA) is 72.8 Å². The molecule has 0 aliphatic rings. The normalized spacial score (nSPS) is 11.9. The minimum atomic E-state index is -3.47. The molecule has 2 aromatic rings. The number of nitrogens with zero attached hydrogens (tertiary/aromatic N) is 3. The first-order valence-electron chi connectivity index (χ1n) is 6.34. The highest BCUT2D eigenvalue weighted by Crippen LogP contribution is 2.22. The predicted molar refractivity (Wildman–Crippen MR) is 83.9 cm³/mol. The van der Waals surface area contributed by atoms with E-state index in [1.807, 2.05) is 13.8 Å². The quantitative estimate of drug-likeness (QED) is 0.629. The molecule has 0 aliphatic heterocycles. The van der Waals surface area contributed by atoms with E-state index in [9.17, 15) is 8.42 Å². The average Bonchev–Trinajstić information content (AvgIpc) is 2.68. The van der Waals surface area contributed by atoms with E-state index in [1.165, 1.54) is 4.88 Å². The van der Waals surface area contributed by atoms with Gasteiger partial charge in [0.15, 0.2) is 0 Å². The van der Waals surface area contributed by atoms with Crippen molar-refractivity contribution in [2.45, 2.75) is 38.8 Å². The third-order valence-electron chi connectivity index (χ3n) is 3.09. The maximum atomic E-state index is 11.6. The molecule has 0 bridgehead atoms. The van der Waals surface area contributed by atoms with E-state index < -0.39 is 9.84 Å². The van der Waals surface area contributed by atoms with Crippen molar-refractivity contribution in [3.05, 3.63) is 32.0 Å². The molecule has 0 saturated carbocycles. The maximum absolute atomic E-state index is 11.6. The summed E-state index contributed by atoms with van der Waals surface area (Å²) in [5.74, 6) is 0. The Labute approximate surface area is 133 Å². The van der Waals surface area contributed by atoms with Crippen LogP contribution in [0.25, 0.3) is 0 Å². The summed E-state index contributed by atoms with van der Waals surface area (Å²) < 4.78 is 23.2. The first-order valence-corrected chi connectivity index (χ1v) is 9.43. The summed E-state index contributed by atoms with van der Waals surface area (Å²) >= 11 is 7.66. The predicted octanol–water partition coefficient (Wildman–Crippen LogP) is 2.70. The van der Waals surface area contributed by atoms with E-state index in [2.05, 4.69) is 15.0 Å². The number of hydrogen-bond donors (Lipinski definition) is 0. The molecule has 0 fully saturated rings. The van der Waals surface area contributed by atoms with Gasteiger partial charge in [-0.25, -0.2) is 23.4 Å². The second-order valence-electron chi connectivity index (χ2n) is 4.88. The van der Waals surface area contributed by atoms with Crippen molar-refractivity contribution in [1.82, 2.24) is 15.0 Å². The van der Waals surface area contributed by atoms with Crippen molar-refractivity contribution in [3.63, 3.8) is 0 Å². The van der Waals surface area contributed by atoms with Gasteiger partial charge in [-0.15, -0.1) is 11.3 Å². The van der Waals surface area contributed by atoms with Gasteiger partial charge in [0.2, 0.25) is 15.0 Å². The molecule has 2 rings (SSSR count). The summed E-state index contributed by atoms with van der Waals surface area (Å²) in [6.45, 7) is 5.74. The molecule has 0 atom stereocenters. The first-order chi connectivity index (χ1) is 9.68. The number of rotatable bonds is 4. The van der Waals surface area contributed by atoms with Crippen molar-refractivity contribution in [2.75, 3.05) is 6.26 Å². The van der Waals surface area contributed by atoms with Crippen molar-refractivity contribution < 1.29 is 8.42 Å². The molecule has 8 heteroatoms. The summed E-state index contributed by atoms with van der Waals surface area (Å²) in [6.07, 6.45) is 2.45. The maximum Gasteiger partial charge on any atom is 0.248 e. The molecule has 0 radical (unpaired) electrons. The Bertz CT molecular complexity index is 785. The van der Waals surface area contributed by atoms with Crippen molar-refractivity contribution in [3.8, 4) is 0 Å². The minimum Gasteiger partial charge on any atom is -0.247 e. The summed E-state index contributed by atoms with van der Waals surface area (Å²) in [7, 11) is -3.47. The molecule has 0 amide bonds. The third kappa shape index (κ3) is 3.78. The monoisotopic (exact) mass is 345 g/mol. The number of thiazole rings is 1. The van der Waals surface area contributed by atoms with Gasteiger partial charge in [-0.2, -0.15) is 0 Å². The Kier molecular flexibility index (Phi) is 4.65. The number of aryl methyl sites for hydroxylation is 4. The Balaban J connectivity index is 2.31. The van der Waals surface area contributed by atoms with Crippen LogP contribution in [0.4, 0.5) is 0 Å². The van der Waals surface area contributed by atoms with Gasteiger partial charge in [0.1, 0.15) is 5.15 Å². The van der Waals surface area contributed by atoms with Gasteiger partial charge in [0.05, 0.1) is 10.7 Å². The fourth-order valence-corrected chi connectivity index (χ4v) is 3.67. The van der Waals surface area contributed by atoms with Crippen LogP contribution in [-0.4, -0.2) is 29.6 Å². The van der Waals surface area contributed by atoms with E-state index in [0.29, 0.717) is 12.1 Å². The van der Waals surface area contributed by atoms with Crippen LogP contribution in [0, 0.1) is 20.8 Å². The number of halogens is 1. The lowest BCUT2D eigenvalue weighted by atomic mass is 10.1. The van der Waals surface area contributed by atoms with Crippen LogP contribution in [-0.2, 0) is 22.7 Å². The fourth-order valence-electron chi connectivity index (χ4n) is 1.96. The highest BCUT2D eigenvalue weighted by Gasteiger charge is 2.17. The Morgan fingerprint density at radius 3 is 2.29 bits per heavy atom. The summed E-state index contributed by atoms with van der Waals surface area (Å²) in [5.41, 5.74) is 2.41. The van der Waals surface area contributed by atoms with Gasteiger partial charge in [-0.3, -0.25) is 0 Å². The van der Waals surface area contributed by atoms with Gasteiger partial charge in [0, 0.05) is 22.4 Å². The average molecular weight is 346 g/mol. The molecule has 2 aromatic heterocycles. The SMILES string of the molecule is Cc1nc(C)c(CCc2nc(S(C)(=O)=O)nc(Cl)c2C)s1. The Morgan fingerprint density at radius 2 is 1.76 bits per heavy atom. The second kappa shape index (κ2) is 5.98. The van der Waals surface area contributed by atoms with Gasteiger partial charge in [0.25, 0.3) is 0 Å². The van der Waals surface area contributed by atoms with Crippen molar-refractivity contribution in [1.29, 1.82) is 0 Å². The van der Waals surface area contributed by atoms with Crippen LogP contribution >= 0.6 is 22.9 Å². The van der Waals surface area contributed by atoms with Crippen molar-refractivity contribution >= 4 is 32.8 Å². The lowest BCUT2D eigenvalue weighted by Crippen LogP contribution is -2.09. The number of sulfone groups is 1. The standard InChI is InChI=1S/C13H16ClN3O2S2/c1-7-10(5-6-11-8(2)15-9(3)20-11)16-13(17-12(7)14)21(4,18)19/h5-6H2,1-4H3. The zero-order valence-corrected chi connectivity index (χ0v) is 14.7. The summed E-state index contributed by atoms with van der Waals surface area (Å²) in [4.78, 5) is 13.6. The van der Waals surface area contributed by atoms with Crippen LogP contribution in [0.3, 0.4) is 0 Å². The summed E-state index contributed by atoms with van der Waals surface area (Å²) in [5, 5.41) is 1.000. The van der Waals surface area contributed by atoms with Gasteiger partial charge >= 0.3 is 0 Å². The molecule has 0 N–H and O–H groups in total. The number of aromatic nitrogens is 3. The molecule has 0 aromatic carbocycles. The van der Waals surface area contributed by atoms with E-state index in [4.69, 9.17) is 11.6 Å². The molecule has 0 unspecified atom stereocenters. The molecule has 0 aliphatic carbocycles. The van der Waals surface area contributed by atoms with E-state index >= 15 is 0 Å². The zero-order valence-electron chi connectivity index (χ0n) is 12.3. The van der Waals surface area contributed by atoms with Crippen LogP contribution in [0.1, 0.15) is 26.8 Å². The molecular formula is C13H16ClN3O2S2. The Hall–Kier alpha value is -1.05. The molecule has 5 nitrogen and oxygen atoms in total. The second-order valence-corrected chi connectivity index (χ2v) is 8.44. The van der Waals surface area contributed by atoms with Crippen LogP contribution < -0.4 is 0 Å². The third-order valence-corrected chi connectivity index (χ3v) is 5.43. The molecular weight excluding hydrogens is 330 g/mol. The van der Waals surface area contributed by atoms with Crippen molar-refractivity contribution in [2.24, 2.45) is 0 Å². The molecule has 0 spiro atoms. The molecule has 2 heterocycles. The fraction of sp³-hybridized carbons (Fsp3) is 0.462. The highest BCUT2D eigenvalue weighted by molar-refractivity contribution is 7.90. The summed E-state index contributed by atoms with van der Waals surface area (Å²) in [6, 6.07) is 0. The van der Waals surface area contributed by atoms with E-state index in [1.54, 1.807) is 18.3 Å². The molecule has 114 valence electrons. The van der Waals surface area contributed by atoms with Gasteiger partial charge in [-0.05, 0) is 33.6 Å². The minimum absolute atomic E-state index is 0.192. The Morgan fingerprint density at radius 1 is 1.10 bits per heavy atom. The molecule has 21 heavy (non-hydrogen) atoms. The lowest BCUT2D eigenvalue weighted by molar-refractivity contribution is 0.591. The smallest absolute Gasteiger partial charge is 0.247 e. The van der Waals surface area contributed by atoms with Crippen LogP contribution in [0.15, 0.2) is 5.16 Å². The van der Waals surface area contributed by atoms with E-state index in [-0.39, 0.29) is 10.3 Å². The highest BCUT2D eigenvalue weighted by atomic mass is 35.5. The first kappa shape index (κ1) is 16.3. The number of hydrogen-bond acceptors (Lipinski definition) is 6. The van der Waals surface area contributed by atoms with Crippen LogP contribution in [0.2, 0.25) is 5.15 Å². The van der Waals surface area contributed by atoms with Gasteiger partial charge < -0.3 is 0 Å². The van der Waals surface area contributed by atoms with Crippen LogP contribution in [0.5, 0.6) is 0 Å². The molecule has 0 saturated heterocycles. The van der Waals surface area contributed by atoms with Gasteiger partial charge in [-0.1, -0.05) is 11.6 Å². The zero-order chi connectivity index (χ0) is 15.8. The lowest BCUT2D eigenvalue weighted by Gasteiger charge is -2.08. The largest absolute Gasteiger partial charge is 0.248 e. The van der Waals surface area contributed by atoms with E-state index in [0.717, 1.165) is 28.9 Å².